The normalized spacial score (nSPS) is 18.0. The highest BCUT2D eigenvalue weighted by Crippen LogP contribution is 2.30. The van der Waals surface area contributed by atoms with Crippen LogP contribution in [0.3, 0.4) is 0 Å². The lowest BCUT2D eigenvalue weighted by Crippen LogP contribution is -2.46. The van der Waals surface area contributed by atoms with Gasteiger partial charge in [-0.1, -0.05) is 57.5 Å². The summed E-state index contributed by atoms with van der Waals surface area (Å²) in [6.45, 7) is 11.5. The van der Waals surface area contributed by atoms with Crippen LogP contribution in [0.5, 0.6) is 0 Å². The minimum absolute atomic E-state index is 0.0701. The van der Waals surface area contributed by atoms with E-state index in [0.717, 1.165) is 18.0 Å². The molecule has 2 aromatic rings. The first-order valence-corrected chi connectivity index (χ1v) is 8.47. The van der Waals surface area contributed by atoms with Crippen LogP contribution in [0.2, 0.25) is 0 Å². The molecule has 1 aromatic heterocycles. The van der Waals surface area contributed by atoms with Crippen LogP contribution in [-0.4, -0.2) is 9.78 Å². The molecule has 0 fully saturated rings. The maximum atomic E-state index is 4.96. The summed E-state index contributed by atoms with van der Waals surface area (Å²) in [6, 6.07) is 11.1. The van der Waals surface area contributed by atoms with E-state index in [-0.39, 0.29) is 5.41 Å². The maximum absolute atomic E-state index is 4.96. The summed E-state index contributed by atoms with van der Waals surface area (Å²) in [7, 11) is 0. The van der Waals surface area contributed by atoms with Crippen molar-refractivity contribution < 1.29 is 4.57 Å². The number of nitrogens with zero attached hydrogens (tertiary/aromatic N) is 3. The van der Waals surface area contributed by atoms with Crippen molar-refractivity contribution in [3.63, 3.8) is 0 Å². The van der Waals surface area contributed by atoms with Crippen molar-refractivity contribution in [2.75, 3.05) is 0 Å². The second kappa shape index (κ2) is 5.53. The molecule has 0 amide bonds. The molecular weight excluding hydrogens is 270 g/mol. The van der Waals surface area contributed by atoms with Gasteiger partial charge in [-0.3, -0.25) is 0 Å². The van der Waals surface area contributed by atoms with Gasteiger partial charge in [0, 0.05) is 11.5 Å². The Morgan fingerprint density at radius 3 is 2.50 bits per heavy atom. The summed E-state index contributed by atoms with van der Waals surface area (Å²) in [5.41, 5.74) is 1.23. The van der Waals surface area contributed by atoms with Crippen molar-refractivity contribution in [1.82, 2.24) is 9.78 Å². The molecular formula is C19H28N3+. The van der Waals surface area contributed by atoms with Crippen molar-refractivity contribution in [2.24, 2.45) is 5.92 Å². The van der Waals surface area contributed by atoms with Gasteiger partial charge in [0.2, 0.25) is 5.82 Å². The highest BCUT2D eigenvalue weighted by molar-refractivity contribution is 5.31. The Labute approximate surface area is 134 Å². The van der Waals surface area contributed by atoms with Crippen LogP contribution in [-0.2, 0) is 11.8 Å². The maximum Gasteiger partial charge on any atom is 0.278 e. The number of fused-ring (bicyclic) bond motifs is 1. The third-order valence-corrected chi connectivity index (χ3v) is 4.40. The van der Waals surface area contributed by atoms with E-state index in [1.165, 1.54) is 24.5 Å². The van der Waals surface area contributed by atoms with E-state index >= 15 is 0 Å². The van der Waals surface area contributed by atoms with Gasteiger partial charge in [-0.25, -0.2) is 4.57 Å². The molecule has 1 atom stereocenters. The number of hydrogen-bond donors (Lipinski definition) is 0. The van der Waals surface area contributed by atoms with Gasteiger partial charge in [0.15, 0.2) is 0 Å². The van der Waals surface area contributed by atoms with Gasteiger partial charge in [0.05, 0.1) is 11.5 Å². The van der Waals surface area contributed by atoms with Gasteiger partial charge in [-0.05, 0) is 30.9 Å². The monoisotopic (exact) mass is 298 g/mol. The summed E-state index contributed by atoms with van der Waals surface area (Å²) in [6.07, 6.45) is 3.57. The fourth-order valence-corrected chi connectivity index (χ4v) is 3.61. The van der Waals surface area contributed by atoms with Crippen molar-refractivity contribution in [1.29, 1.82) is 0 Å². The first-order chi connectivity index (χ1) is 10.4. The second-order valence-electron chi connectivity index (χ2n) is 7.93. The molecule has 0 saturated carbocycles. The van der Waals surface area contributed by atoms with Crippen molar-refractivity contribution in [2.45, 2.75) is 65.3 Å². The summed E-state index contributed by atoms with van der Waals surface area (Å²) in [4.78, 5) is 0. The number of para-hydroxylation sites is 1. The summed E-state index contributed by atoms with van der Waals surface area (Å²) >= 11 is 0. The minimum atomic E-state index is 0.0701. The van der Waals surface area contributed by atoms with Crippen LogP contribution in [0.1, 0.15) is 65.2 Å². The predicted molar refractivity (Wildman–Crippen MR) is 89.3 cm³/mol. The van der Waals surface area contributed by atoms with E-state index in [1.807, 2.05) is 0 Å². The quantitative estimate of drug-likeness (QED) is 0.785. The lowest BCUT2D eigenvalue weighted by Gasteiger charge is -2.21. The standard InChI is InChI=1S/C19H28N3/c1-14(2)13-16-11-12-17-20-22(15-9-7-6-8-10-15)18(21(16)17)19(3,4)5/h6-10,14,16H,11-13H2,1-5H3/q+1/t16-/m1/s1. The molecule has 118 valence electrons. The molecule has 22 heavy (non-hydrogen) atoms. The molecule has 0 unspecified atom stereocenters. The second-order valence-corrected chi connectivity index (χ2v) is 7.93. The molecule has 1 aliphatic heterocycles. The molecule has 0 saturated heterocycles. The van der Waals surface area contributed by atoms with E-state index in [2.05, 4.69) is 74.2 Å². The minimum Gasteiger partial charge on any atom is -0.228 e. The lowest BCUT2D eigenvalue weighted by atomic mass is 9.94. The Hall–Kier alpha value is -1.64. The van der Waals surface area contributed by atoms with Crippen LogP contribution >= 0.6 is 0 Å². The van der Waals surface area contributed by atoms with Crippen molar-refractivity contribution in [3.8, 4) is 5.69 Å². The third-order valence-electron chi connectivity index (χ3n) is 4.40. The molecule has 0 radical (unpaired) electrons. The van der Waals surface area contributed by atoms with Crippen LogP contribution in [0.4, 0.5) is 0 Å². The summed E-state index contributed by atoms with van der Waals surface area (Å²) in [5.74, 6) is 3.30. The molecule has 1 aliphatic rings. The highest BCUT2D eigenvalue weighted by Gasteiger charge is 2.41. The Bertz CT molecular complexity index is 647. The van der Waals surface area contributed by atoms with Gasteiger partial charge < -0.3 is 0 Å². The summed E-state index contributed by atoms with van der Waals surface area (Å²) in [5, 5.41) is 4.96. The van der Waals surface area contributed by atoms with E-state index in [1.54, 1.807) is 0 Å². The summed E-state index contributed by atoms with van der Waals surface area (Å²) < 4.78 is 4.70. The van der Waals surface area contributed by atoms with Crippen LogP contribution < -0.4 is 4.57 Å². The van der Waals surface area contributed by atoms with Gasteiger partial charge >= 0.3 is 0 Å². The van der Waals surface area contributed by atoms with Gasteiger partial charge in [0.1, 0.15) is 5.69 Å². The fourth-order valence-electron chi connectivity index (χ4n) is 3.61. The smallest absolute Gasteiger partial charge is 0.228 e. The molecule has 3 rings (SSSR count). The molecule has 0 N–H and O–H groups in total. The largest absolute Gasteiger partial charge is 0.278 e. The van der Waals surface area contributed by atoms with E-state index in [9.17, 15) is 0 Å². The predicted octanol–water partition coefficient (Wildman–Crippen LogP) is 3.99. The lowest BCUT2D eigenvalue weighted by molar-refractivity contribution is -0.728. The molecule has 3 heteroatoms. The third kappa shape index (κ3) is 2.69. The number of benzene rings is 1. The Morgan fingerprint density at radius 1 is 1.23 bits per heavy atom. The first kappa shape index (κ1) is 15.3. The molecule has 0 aliphatic carbocycles. The number of hydrogen-bond acceptors (Lipinski definition) is 1. The van der Waals surface area contributed by atoms with Crippen LogP contribution in [0, 0.1) is 5.92 Å². The Balaban J connectivity index is 2.15. The van der Waals surface area contributed by atoms with Crippen LogP contribution in [0.15, 0.2) is 30.3 Å². The number of rotatable bonds is 3. The van der Waals surface area contributed by atoms with Crippen LogP contribution in [0.25, 0.3) is 5.69 Å². The van der Waals surface area contributed by atoms with Gasteiger partial charge in [-0.2, -0.15) is 0 Å². The Kier molecular flexibility index (Phi) is 3.84. The number of aryl methyl sites for hydroxylation is 1. The zero-order valence-corrected chi connectivity index (χ0v) is 14.5. The van der Waals surface area contributed by atoms with Crippen molar-refractivity contribution in [3.05, 3.63) is 42.0 Å². The number of aromatic nitrogens is 3. The topological polar surface area (TPSA) is 21.7 Å². The average Bonchev–Trinajstić information content (AvgIpc) is 2.98. The Morgan fingerprint density at radius 2 is 1.91 bits per heavy atom. The highest BCUT2D eigenvalue weighted by atomic mass is 15.4. The van der Waals surface area contributed by atoms with E-state index < -0.39 is 0 Å². The molecule has 2 heterocycles. The zero-order chi connectivity index (χ0) is 15.9. The van der Waals surface area contributed by atoms with E-state index in [0.29, 0.717) is 6.04 Å². The van der Waals surface area contributed by atoms with E-state index in [4.69, 9.17) is 5.10 Å². The molecule has 3 nitrogen and oxygen atoms in total. The zero-order valence-electron chi connectivity index (χ0n) is 14.5. The molecule has 0 spiro atoms. The van der Waals surface area contributed by atoms with Crippen molar-refractivity contribution >= 4 is 0 Å². The first-order valence-electron chi connectivity index (χ1n) is 8.47. The molecule has 1 aromatic carbocycles. The fraction of sp³-hybridized carbons (Fsp3) is 0.579. The van der Waals surface area contributed by atoms with Gasteiger partial charge in [-0.15, -0.1) is 0 Å². The molecule has 0 bridgehead atoms. The van der Waals surface area contributed by atoms with Gasteiger partial charge in [0.25, 0.3) is 5.82 Å². The SMILES string of the molecule is CC(C)C[C@H]1CCc2nn(-c3ccccc3)c(C(C)(C)C)[n+]21. The average molecular weight is 298 g/mol.